The van der Waals surface area contributed by atoms with Crippen molar-refractivity contribution in [1.82, 2.24) is 0 Å². The molecule has 0 amide bonds. The SMILES string of the molecule is COc1cc2c(c(OC)c1OC)-c1ccc(OC)c(=O)cc1C1=Nc3cc(C(C)(C)C)cc(C(C)(C)C)c3OC1(O)C2. The third kappa shape index (κ3) is 4.67. The summed E-state index contributed by atoms with van der Waals surface area (Å²) in [6.07, 6.45) is 0.00560. The van der Waals surface area contributed by atoms with Crippen LogP contribution in [0.3, 0.4) is 0 Å². The highest BCUT2D eigenvalue weighted by atomic mass is 16.6. The largest absolute Gasteiger partial charge is 0.493 e. The molecule has 0 saturated heterocycles. The Labute approximate surface area is 246 Å². The van der Waals surface area contributed by atoms with Crippen LogP contribution in [0, 0.1) is 0 Å². The van der Waals surface area contributed by atoms with E-state index in [0.29, 0.717) is 50.9 Å². The molecule has 1 unspecified atom stereocenters. The molecule has 3 aromatic carbocycles. The second-order valence-corrected chi connectivity index (χ2v) is 12.8. The zero-order valence-electron chi connectivity index (χ0n) is 26.0. The minimum absolute atomic E-state index is 0.00560. The molecule has 5 rings (SSSR count). The van der Waals surface area contributed by atoms with Gasteiger partial charge in [-0.2, -0.15) is 0 Å². The Morgan fingerprint density at radius 3 is 2.05 bits per heavy atom. The van der Waals surface area contributed by atoms with Crippen molar-refractivity contribution in [2.75, 3.05) is 28.4 Å². The summed E-state index contributed by atoms with van der Waals surface area (Å²) in [7, 11) is 6.06. The summed E-state index contributed by atoms with van der Waals surface area (Å²) < 4.78 is 29.3. The molecule has 1 heterocycles. The number of aliphatic imine (C=N–C) groups is 1. The molecule has 1 aliphatic carbocycles. The van der Waals surface area contributed by atoms with Crippen LogP contribution in [0.1, 0.15) is 63.8 Å². The van der Waals surface area contributed by atoms with Gasteiger partial charge in [0.1, 0.15) is 11.4 Å². The average Bonchev–Trinajstić information content (AvgIpc) is 3.13. The first-order chi connectivity index (χ1) is 19.7. The summed E-state index contributed by atoms with van der Waals surface area (Å²) in [6, 6.07) is 10.8. The number of methoxy groups -OCH3 is 4. The van der Waals surface area contributed by atoms with Gasteiger partial charge < -0.3 is 28.8 Å². The maximum Gasteiger partial charge on any atom is 0.256 e. The Bertz CT molecular complexity index is 1680. The van der Waals surface area contributed by atoms with E-state index in [1.54, 1.807) is 32.4 Å². The average molecular weight is 574 g/mol. The zero-order chi connectivity index (χ0) is 30.8. The van der Waals surface area contributed by atoms with Crippen LogP contribution in [0.4, 0.5) is 5.69 Å². The fourth-order valence-corrected chi connectivity index (χ4v) is 5.70. The van der Waals surface area contributed by atoms with Gasteiger partial charge in [0.15, 0.2) is 23.0 Å². The first kappa shape index (κ1) is 29.5. The molecule has 0 fully saturated rings. The molecule has 0 spiro atoms. The summed E-state index contributed by atoms with van der Waals surface area (Å²) in [6.45, 7) is 12.8. The molecule has 1 atom stereocenters. The van der Waals surface area contributed by atoms with Crippen molar-refractivity contribution in [3.63, 3.8) is 0 Å². The molecule has 1 N–H and O–H groups in total. The molecule has 1 aliphatic heterocycles. The topological polar surface area (TPSA) is 95.8 Å². The fraction of sp³-hybridized carbons (Fsp3) is 0.412. The van der Waals surface area contributed by atoms with Crippen LogP contribution in [-0.4, -0.2) is 45.0 Å². The number of benzene rings is 2. The normalized spacial score (nSPS) is 17.4. The fourth-order valence-electron chi connectivity index (χ4n) is 5.70. The lowest BCUT2D eigenvalue weighted by molar-refractivity contribution is -0.0762. The third-order valence-electron chi connectivity index (χ3n) is 7.91. The van der Waals surface area contributed by atoms with Crippen LogP contribution in [0.25, 0.3) is 11.1 Å². The highest BCUT2D eigenvalue weighted by Crippen LogP contribution is 2.53. The van der Waals surface area contributed by atoms with Crippen molar-refractivity contribution in [3.8, 4) is 39.9 Å². The number of hydrogen-bond acceptors (Lipinski definition) is 8. The molecule has 8 heteroatoms. The van der Waals surface area contributed by atoms with Gasteiger partial charge in [0, 0.05) is 23.1 Å². The summed E-state index contributed by atoms with van der Waals surface area (Å²) in [5.74, 6) is -0.0402. The van der Waals surface area contributed by atoms with Crippen LogP contribution >= 0.6 is 0 Å². The Morgan fingerprint density at radius 1 is 0.810 bits per heavy atom. The number of ether oxygens (including phenoxy) is 5. The number of hydrogen-bond donors (Lipinski definition) is 1. The Morgan fingerprint density at radius 2 is 1.48 bits per heavy atom. The van der Waals surface area contributed by atoms with Gasteiger partial charge in [-0.3, -0.25) is 4.79 Å². The molecule has 0 radical (unpaired) electrons. The van der Waals surface area contributed by atoms with Crippen molar-refractivity contribution >= 4 is 11.4 Å². The van der Waals surface area contributed by atoms with Crippen molar-refractivity contribution in [2.45, 2.75) is 64.6 Å². The summed E-state index contributed by atoms with van der Waals surface area (Å²) in [4.78, 5) is 18.4. The van der Waals surface area contributed by atoms with E-state index in [0.717, 1.165) is 11.1 Å². The number of fused-ring (bicyclic) bond motifs is 6. The highest BCUT2D eigenvalue weighted by molar-refractivity contribution is 6.14. The van der Waals surface area contributed by atoms with Crippen molar-refractivity contribution in [2.24, 2.45) is 4.99 Å². The van der Waals surface area contributed by atoms with E-state index in [1.807, 2.05) is 6.07 Å². The van der Waals surface area contributed by atoms with Gasteiger partial charge in [0.25, 0.3) is 5.79 Å². The lowest BCUT2D eigenvalue weighted by Crippen LogP contribution is -2.48. The molecule has 0 aromatic heterocycles. The molecule has 0 saturated carbocycles. The lowest BCUT2D eigenvalue weighted by Gasteiger charge is -2.37. The van der Waals surface area contributed by atoms with Gasteiger partial charge in [-0.15, -0.1) is 0 Å². The quantitative estimate of drug-likeness (QED) is 0.403. The number of nitrogens with zero attached hydrogens (tertiary/aromatic N) is 1. The van der Waals surface area contributed by atoms with E-state index in [-0.39, 0.29) is 34.1 Å². The van der Waals surface area contributed by atoms with Gasteiger partial charge in [-0.25, -0.2) is 4.99 Å². The standard InChI is InChI=1S/C34H39NO7/c1-32(2,3)19-14-22(33(4,5)6)28-23(15-19)35-31-21-16-24(36)25(38-7)12-11-20(21)27-18(17-34(31,37)42-28)13-26(39-8)29(40-9)30(27)41-10/h11-16,37H,17H2,1-10H3. The van der Waals surface area contributed by atoms with Gasteiger partial charge in [-0.05, 0) is 57.9 Å². The summed E-state index contributed by atoms with van der Waals surface area (Å²) >= 11 is 0. The minimum Gasteiger partial charge on any atom is -0.493 e. The Balaban J connectivity index is 1.95. The molecule has 8 nitrogen and oxygen atoms in total. The third-order valence-corrected chi connectivity index (χ3v) is 7.91. The van der Waals surface area contributed by atoms with Crippen molar-refractivity contribution in [1.29, 1.82) is 0 Å². The van der Waals surface area contributed by atoms with E-state index in [4.69, 9.17) is 28.7 Å². The monoisotopic (exact) mass is 573 g/mol. The van der Waals surface area contributed by atoms with Crippen molar-refractivity contribution in [3.05, 3.63) is 68.9 Å². The van der Waals surface area contributed by atoms with Gasteiger partial charge in [0.2, 0.25) is 11.2 Å². The smallest absolute Gasteiger partial charge is 0.256 e. The lowest BCUT2D eigenvalue weighted by atomic mass is 9.79. The van der Waals surface area contributed by atoms with Crippen molar-refractivity contribution < 1.29 is 28.8 Å². The molecular formula is C34H39NO7. The molecule has 0 bridgehead atoms. The predicted octanol–water partition coefficient (Wildman–Crippen LogP) is 6.10. The first-order valence-corrected chi connectivity index (χ1v) is 13.9. The van der Waals surface area contributed by atoms with E-state index < -0.39 is 5.79 Å². The number of aliphatic hydroxyl groups is 1. The van der Waals surface area contributed by atoms with Gasteiger partial charge in [-0.1, -0.05) is 47.6 Å². The predicted molar refractivity (Wildman–Crippen MR) is 164 cm³/mol. The van der Waals surface area contributed by atoms with Crippen LogP contribution < -0.4 is 29.1 Å². The molecule has 42 heavy (non-hydrogen) atoms. The maximum atomic E-state index is 13.3. The van der Waals surface area contributed by atoms with Crippen LogP contribution in [0.2, 0.25) is 0 Å². The molecule has 222 valence electrons. The van der Waals surface area contributed by atoms with E-state index >= 15 is 0 Å². The van der Waals surface area contributed by atoms with Gasteiger partial charge in [0.05, 0.1) is 28.4 Å². The molecular weight excluding hydrogens is 534 g/mol. The summed E-state index contributed by atoms with van der Waals surface area (Å²) in [5.41, 5.74) is 4.31. The molecule has 3 aromatic rings. The van der Waals surface area contributed by atoms with E-state index in [1.165, 1.54) is 20.3 Å². The van der Waals surface area contributed by atoms with Crippen LogP contribution in [0.15, 0.2) is 46.2 Å². The maximum absolute atomic E-state index is 13.3. The zero-order valence-corrected chi connectivity index (χ0v) is 26.0. The van der Waals surface area contributed by atoms with E-state index in [2.05, 4.69) is 47.6 Å². The summed E-state index contributed by atoms with van der Waals surface area (Å²) in [5, 5.41) is 12.5. The Hall–Kier alpha value is -4.04. The second-order valence-electron chi connectivity index (χ2n) is 12.8. The molecule has 2 aliphatic rings. The van der Waals surface area contributed by atoms with Crippen LogP contribution in [-0.2, 0) is 17.3 Å². The van der Waals surface area contributed by atoms with Gasteiger partial charge >= 0.3 is 0 Å². The second kappa shape index (κ2) is 10.1. The highest BCUT2D eigenvalue weighted by Gasteiger charge is 2.47. The Kier molecular flexibility index (Phi) is 7.05. The number of rotatable bonds is 4. The van der Waals surface area contributed by atoms with E-state index in [9.17, 15) is 9.90 Å². The first-order valence-electron chi connectivity index (χ1n) is 13.9. The van der Waals surface area contributed by atoms with Crippen LogP contribution in [0.5, 0.6) is 28.7 Å². The minimum atomic E-state index is -1.92.